The number of ether oxygens (including phenoxy) is 1. The summed E-state index contributed by atoms with van der Waals surface area (Å²) in [6, 6.07) is 19.1. The number of nitrogens with zero attached hydrogens (tertiary/aromatic N) is 1. The van der Waals surface area contributed by atoms with Crippen molar-refractivity contribution in [3.8, 4) is 11.3 Å². The number of carbonyl (C=O) groups is 1. The highest BCUT2D eigenvalue weighted by Gasteiger charge is 2.17. The number of anilines is 1. The summed E-state index contributed by atoms with van der Waals surface area (Å²) in [6.45, 7) is -0.641. The maximum atomic E-state index is 13.0. The second-order valence-corrected chi connectivity index (χ2v) is 6.96. The van der Waals surface area contributed by atoms with Gasteiger partial charge in [0.05, 0.1) is 24.9 Å². The summed E-state index contributed by atoms with van der Waals surface area (Å²) in [7, 11) is 0. The van der Waals surface area contributed by atoms with Crippen LogP contribution in [-0.4, -0.2) is 33.6 Å². The number of hydrogen-bond acceptors (Lipinski definition) is 5. The van der Waals surface area contributed by atoms with Gasteiger partial charge in [-0.1, -0.05) is 60.1 Å². The second kappa shape index (κ2) is 10.1. The zero-order valence-corrected chi connectivity index (χ0v) is 16.7. The predicted molar refractivity (Wildman–Crippen MR) is 114 cm³/mol. The topological polar surface area (TPSA) is 101 Å². The van der Waals surface area contributed by atoms with Crippen LogP contribution in [0, 0.1) is 0 Å². The molecule has 0 aliphatic heterocycles. The maximum absolute atomic E-state index is 13.0. The van der Waals surface area contributed by atoms with Gasteiger partial charge in [0, 0.05) is 10.6 Å². The third-order valence-corrected chi connectivity index (χ3v) is 4.71. The lowest BCUT2D eigenvalue weighted by Gasteiger charge is -2.18. The summed E-state index contributed by atoms with van der Waals surface area (Å²) in [5.41, 5.74) is 1.26. The summed E-state index contributed by atoms with van der Waals surface area (Å²) in [6.07, 6.45) is -1.94. The van der Waals surface area contributed by atoms with Gasteiger partial charge >= 0.3 is 6.09 Å². The molecule has 1 heterocycles. The van der Waals surface area contributed by atoms with Crippen LogP contribution in [-0.2, 0) is 17.9 Å². The molecule has 7 nitrogen and oxygen atoms in total. The van der Waals surface area contributed by atoms with Gasteiger partial charge in [-0.15, -0.1) is 0 Å². The van der Waals surface area contributed by atoms with Crippen LogP contribution in [0.25, 0.3) is 11.3 Å². The Morgan fingerprint density at radius 3 is 2.47 bits per heavy atom. The highest BCUT2D eigenvalue weighted by atomic mass is 35.5. The van der Waals surface area contributed by atoms with E-state index in [-0.39, 0.29) is 18.8 Å². The van der Waals surface area contributed by atoms with Crippen molar-refractivity contribution in [3.63, 3.8) is 0 Å². The second-order valence-electron chi connectivity index (χ2n) is 6.55. The van der Waals surface area contributed by atoms with Gasteiger partial charge in [0.25, 0.3) is 5.56 Å². The molecule has 3 rings (SSSR count). The molecule has 30 heavy (non-hydrogen) atoms. The van der Waals surface area contributed by atoms with E-state index in [1.807, 2.05) is 30.3 Å². The summed E-state index contributed by atoms with van der Waals surface area (Å²) < 4.78 is 6.41. The minimum absolute atomic E-state index is 0.0194. The van der Waals surface area contributed by atoms with E-state index < -0.39 is 24.4 Å². The van der Waals surface area contributed by atoms with Gasteiger partial charge in [-0.25, -0.2) is 4.79 Å². The zero-order chi connectivity index (χ0) is 21.5. The Labute approximate surface area is 178 Å². The molecule has 0 bridgehead atoms. The average Bonchev–Trinajstić information content (AvgIpc) is 2.76. The molecule has 0 aliphatic rings. The smallest absolute Gasteiger partial charge is 0.412 e. The molecule has 8 heteroatoms. The van der Waals surface area contributed by atoms with E-state index in [9.17, 15) is 19.8 Å². The summed E-state index contributed by atoms with van der Waals surface area (Å²) in [5, 5.41) is 22.0. The first kappa shape index (κ1) is 21.6. The molecule has 0 spiro atoms. The molecule has 1 atom stereocenters. The van der Waals surface area contributed by atoms with Crippen molar-refractivity contribution in [2.24, 2.45) is 0 Å². The third kappa shape index (κ3) is 5.27. The van der Waals surface area contributed by atoms with E-state index in [4.69, 9.17) is 16.3 Å². The quantitative estimate of drug-likeness (QED) is 0.536. The number of aromatic nitrogens is 1. The molecule has 0 saturated heterocycles. The Bertz CT molecular complexity index is 1070. The van der Waals surface area contributed by atoms with Crippen molar-refractivity contribution < 1.29 is 19.7 Å². The molecule has 1 amide bonds. The minimum atomic E-state index is -1.16. The van der Waals surface area contributed by atoms with E-state index in [1.165, 1.54) is 10.6 Å². The molecule has 3 aromatic rings. The molecule has 0 aliphatic carbocycles. The lowest BCUT2D eigenvalue weighted by molar-refractivity contribution is 0.0808. The van der Waals surface area contributed by atoms with E-state index in [1.54, 1.807) is 30.3 Å². The lowest BCUT2D eigenvalue weighted by atomic mass is 10.1. The monoisotopic (exact) mass is 428 g/mol. The van der Waals surface area contributed by atoms with Crippen molar-refractivity contribution in [1.29, 1.82) is 0 Å². The van der Waals surface area contributed by atoms with Gasteiger partial charge in [-0.3, -0.25) is 10.1 Å². The van der Waals surface area contributed by atoms with Crippen molar-refractivity contribution in [3.05, 3.63) is 87.7 Å². The predicted octanol–water partition coefficient (Wildman–Crippen LogP) is 3.27. The fourth-order valence-corrected chi connectivity index (χ4v) is 3.13. The van der Waals surface area contributed by atoms with Crippen LogP contribution in [0.15, 0.2) is 71.5 Å². The highest BCUT2D eigenvalue weighted by Crippen LogP contribution is 2.27. The van der Waals surface area contributed by atoms with Crippen LogP contribution in [0.5, 0.6) is 0 Å². The van der Waals surface area contributed by atoms with Gasteiger partial charge < -0.3 is 19.5 Å². The Morgan fingerprint density at radius 2 is 1.77 bits per heavy atom. The number of halogens is 1. The van der Waals surface area contributed by atoms with Gasteiger partial charge in [-0.2, -0.15) is 0 Å². The van der Waals surface area contributed by atoms with Crippen molar-refractivity contribution in [2.45, 2.75) is 19.3 Å². The number of hydrogen-bond donors (Lipinski definition) is 3. The summed E-state index contributed by atoms with van der Waals surface area (Å²) in [4.78, 5) is 25.1. The molecular weight excluding hydrogens is 408 g/mol. The number of rotatable bonds is 7. The van der Waals surface area contributed by atoms with Crippen LogP contribution in [0.2, 0.25) is 5.02 Å². The number of aliphatic hydroxyl groups excluding tert-OH is 2. The number of aliphatic hydroxyl groups is 2. The Morgan fingerprint density at radius 1 is 1.07 bits per heavy atom. The Hall–Kier alpha value is -3.13. The van der Waals surface area contributed by atoms with Gasteiger partial charge in [0.15, 0.2) is 0 Å². The summed E-state index contributed by atoms with van der Waals surface area (Å²) >= 11 is 6.26. The molecule has 1 aromatic heterocycles. The Balaban J connectivity index is 1.87. The Kier molecular flexibility index (Phi) is 7.24. The first-order valence-electron chi connectivity index (χ1n) is 9.25. The van der Waals surface area contributed by atoms with E-state index in [0.29, 0.717) is 16.3 Å². The van der Waals surface area contributed by atoms with Gasteiger partial charge in [0.1, 0.15) is 12.3 Å². The number of amides is 1. The van der Waals surface area contributed by atoms with Crippen LogP contribution >= 0.6 is 11.6 Å². The number of benzene rings is 2. The van der Waals surface area contributed by atoms with Crippen LogP contribution in [0.3, 0.4) is 0 Å². The van der Waals surface area contributed by atoms with E-state index in [2.05, 4.69) is 5.32 Å². The first-order valence-corrected chi connectivity index (χ1v) is 9.62. The van der Waals surface area contributed by atoms with Crippen molar-refractivity contribution in [2.75, 3.05) is 11.9 Å². The molecular formula is C22H21ClN2O5. The number of nitrogens with one attached hydrogen (secondary N) is 1. The van der Waals surface area contributed by atoms with Crippen molar-refractivity contribution in [1.82, 2.24) is 4.57 Å². The molecule has 0 fully saturated rings. The number of pyridine rings is 1. The summed E-state index contributed by atoms with van der Waals surface area (Å²) in [5.74, 6) is 0. The zero-order valence-electron chi connectivity index (χ0n) is 16.0. The van der Waals surface area contributed by atoms with E-state index in [0.717, 1.165) is 5.56 Å². The van der Waals surface area contributed by atoms with Crippen molar-refractivity contribution >= 4 is 23.4 Å². The molecule has 0 radical (unpaired) electrons. The average molecular weight is 429 g/mol. The SMILES string of the molecule is O=C(Nc1ccc(-c2ccccc2Cl)n(CC(O)CO)c1=O)OCc1ccccc1. The van der Waals surface area contributed by atoms with Gasteiger partial charge in [-0.05, 0) is 23.8 Å². The molecule has 156 valence electrons. The van der Waals surface area contributed by atoms with E-state index >= 15 is 0 Å². The highest BCUT2D eigenvalue weighted by molar-refractivity contribution is 6.33. The minimum Gasteiger partial charge on any atom is -0.444 e. The van der Waals surface area contributed by atoms with Gasteiger partial charge in [0.2, 0.25) is 0 Å². The first-order chi connectivity index (χ1) is 14.5. The molecule has 2 aromatic carbocycles. The van der Waals surface area contributed by atoms with Crippen LogP contribution in [0.4, 0.5) is 10.5 Å². The maximum Gasteiger partial charge on any atom is 0.412 e. The largest absolute Gasteiger partial charge is 0.444 e. The fraction of sp³-hybridized carbons (Fsp3) is 0.182. The van der Waals surface area contributed by atoms with Crippen LogP contribution in [0.1, 0.15) is 5.56 Å². The molecule has 3 N–H and O–H groups in total. The standard InChI is InChI=1S/C22H21ClN2O5/c23-18-9-5-4-8-17(18)20-11-10-19(21(28)25(20)12-16(27)13-26)24-22(29)30-14-15-6-2-1-3-7-15/h1-11,16,26-27H,12-14H2,(H,24,29). The number of carbonyl (C=O) groups excluding carboxylic acids is 1. The normalized spacial score (nSPS) is 11.7. The molecule has 0 saturated carbocycles. The molecule has 1 unspecified atom stereocenters. The third-order valence-electron chi connectivity index (χ3n) is 4.38. The fourth-order valence-electron chi connectivity index (χ4n) is 2.90. The lowest BCUT2D eigenvalue weighted by Crippen LogP contribution is -2.32. The van der Waals surface area contributed by atoms with Crippen LogP contribution < -0.4 is 10.9 Å².